The number of aromatic nitrogens is 1. The zero-order valence-electron chi connectivity index (χ0n) is 13.4. The van der Waals surface area contributed by atoms with Crippen molar-refractivity contribution in [2.24, 2.45) is 0 Å². The molecule has 3 rings (SSSR count). The van der Waals surface area contributed by atoms with Crippen molar-refractivity contribution in [1.82, 2.24) is 9.88 Å². The lowest BCUT2D eigenvalue weighted by molar-refractivity contribution is 0.0600. The van der Waals surface area contributed by atoms with E-state index in [-0.39, 0.29) is 5.97 Å². The standard InChI is InChI=1S/C19H22N2O2/c1-23-19(22)16-8-6-7-15(13-16)14-21-12-5-3-10-18(21)17-9-2-4-11-20-17/h2,4,6-9,11,13,18H,3,5,10,12,14H2,1H3. The Morgan fingerprint density at radius 3 is 2.96 bits per heavy atom. The minimum atomic E-state index is -0.285. The van der Waals surface area contributed by atoms with Crippen molar-refractivity contribution >= 4 is 5.97 Å². The van der Waals surface area contributed by atoms with Gasteiger partial charge in [0.15, 0.2) is 0 Å². The number of carbonyl (C=O) groups excluding carboxylic acids is 1. The molecule has 1 unspecified atom stereocenters. The van der Waals surface area contributed by atoms with Gasteiger partial charge >= 0.3 is 5.97 Å². The maximum absolute atomic E-state index is 11.7. The number of ether oxygens (including phenoxy) is 1. The average Bonchev–Trinajstić information content (AvgIpc) is 2.62. The highest BCUT2D eigenvalue weighted by Gasteiger charge is 2.24. The molecule has 1 saturated heterocycles. The maximum Gasteiger partial charge on any atom is 0.337 e. The summed E-state index contributed by atoms with van der Waals surface area (Å²) in [5.74, 6) is -0.285. The number of esters is 1. The Hall–Kier alpha value is -2.20. The molecule has 1 aliphatic heterocycles. The van der Waals surface area contributed by atoms with Crippen molar-refractivity contribution < 1.29 is 9.53 Å². The van der Waals surface area contributed by atoms with Crippen molar-refractivity contribution in [3.63, 3.8) is 0 Å². The monoisotopic (exact) mass is 310 g/mol. The molecule has 0 aliphatic carbocycles. The van der Waals surface area contributed by atoms with Gasteiger partial charge in [-0.25, -0.2) is 4.79 Å². The first-order valence-electron chi connectivity index (χ1n) is 8.10. The van der Waals surface area contributed by atoms with Gasteiger partial charge in [-0.3, -0.25) is 9.88 Å². The molecular formula is C19H22N2O2. The Kier molecular flexibility index (Phi) is 5.03. The van der Waals surface area contributed by atoms with Gasteiger partial charge in [0.1, 0.15) is 0 Å². The van der Waals surface area contributed by atoms with Crippen LogP contribution in [0, 0.1) is 0 Å². The highest BCUT2D eigenvalue weighted by molar-refractivity contribution is 5.89. The number of pyridine rings is 1. The highest BCUT2D eigenvalue weighted by atomic mass is 16.5. The molecule has 0 spiro atoms. The maximum atomic E-state index is 11.7. The second-order valence-corrected chi connectivity index (χ2v) is 5.93. The van der Waals surface area contributed by atoms with E-state index >= 15 is 0 Å². The fourth-order valence-corrected chi connectivity index (χ4v) is 3.24. The number of likely N-dealkylation sites (tertiary alicyclic amines) is 1. The van der Waals surface area contributed by atoms with Crippen LogP contribution in [0.25, 0.3) is 0 Å². The van der Waals surface area contributed by atoms with Crippen LogP contribution < -0.4 is 0 Å². The fourth-order valence-electron chi connectivity index (χ4n) is 3.24. The SMILES string of the molecule is COC(=O)c1cccc(CN2CCCCC2c2ccccn2)c1. The third kappa shape index (κ3) is 3.77. The number of nitrogens with zero attached hydrogens (tertiary/aromatic N) is 2. The molecule has 1 fully saturated rings. The van der Waals surface area contributed by atoms with Crippen LogP contribution in [0.5, 0.6) is 0 Å². The summed E-state index contributed by atoms with van der Waals surface area (Å²) in [4.78, 5) is 18.7. The van der Waals surface area contributed by atoms with Crippen LogP contribution in [-0.2, 0) is 11.3 Å². The summed E-state index contributed by atoms with van der Waals surface area (Å²) in [6.45, 7) is 1.88. The molecule has 4 nitrogen and oxygen atoms in total. The molecule has 2 heterocycles. The quantitative estimate of drug-likeness (QED) is 0.809. The molecule has 0 bridgehead atoms. The summed E-state index contributed by atoms with van der Waals surface area (Å²) in [5.41, 5.74) is 2.88. The summed E-state index contributed by atoms with van der Waals surface area (Å²) >= 11 is 0. The molecule has 23 heavy (non-hydrogen) atoms. The second-order valence-electron chi connectivity index (χ2n) is 5.93. The number of benzene rings is 1. The van der Waals surface area contributed by atoms with E-state index in [0.717, 1.165) is 30.8 Å². The summed E-state index contributed by atoms with van der Waals surface area (Å²) in [7, 11) is 1.41. The molecule has 4 heteroatoms. The zero-order valence-corrected chi connectivity index (χ0v) is 13.4. The minimum absolute atomic E-state index is 0.285. The number of hydrogen-bond acceptors (Lipinski definition) is 4. The predicted molar refractivity (Wildman–Crippen MR) is 89.0 cm³/mol. The van der Waals surface area contributed by atoms with Gasteiger partial charge in [-0.1, -0.05) is 24.6 Å². The van der Waals surface area contributed by atoms with E-state index in [4.69, 9.17) is 4.74 Å². The Balaban J connectivity index is 1.78. The lowest BCUT2D eigenvalue weighted by Gasteiger charge is -2.35. The summed E-state index contributed by atoms with van der Waals surface area (Å²) in [5, 5.41) is 0. The van der Waals surface area contributed by atoms with Crippen LogP contribution >= 0.6 is 0 Å². The molecule has 0 N–H and O–H groups in total. The molecule has 1 aromatic carbocycles. The number of methoxy groups -OCH3 is 1. The van der Waals surface area contributed by atoms with E-state index in [0.29, 0.717) is 11.6 Å². The van der Waals surface area contributed by atoms with Gasteiger partial charge in [-0.05, 0) is 49.2 Å². The smallest absolute Gasteiger partial charge is 0.337 e. The van der Waals surface area contributed by atoms with Gasteiger partial charge in [0, 0.05) is 12.7 Å². The number of carbonyl (C=O) groups is 1. The molecule has 1 aromatic heterocycles. The van der Waals surface area contributed by atoms with Crippen LogP contribution in [0.3, 0.4) is 0 Å². The van der Waals surface area contributed by atoms with Crippen LogP contribution in [0.15, 0.2) is 48.7 Å². The van der Waals surface area contributed by atoms with Crippen molar-refractivity contribution in [2.75, 3.05) is 13.7 Å². The van der Waals surface area contributed by atoms with E-state index in [2.05, 4.69) is 22.0 Å². The van der Waals surface area contributed by atoms with Crippen molar-refractivity contribution in [3.05, 3.63) is 65.5 Å². The first-order valence-corrected chi connectivity index (χ1v) is 8.10. The largest absolute Gasteiger partial charge is 0.465 e. The number of hydrogen-bond donors (Lipinski definition) is 0. The topological polar surface area (TPSA) is 42.4 Å². The second kappa shape index (κ2) is 7.38. The van der Waals surface area contributed by atoms with Crippen LogP contribution in [0.1, 0.15) is 46.9 Å². The first-order chi connectivity index (χ1) is 11.3. The third-order valence-corrected chi connectivity index (χ3v) is 4.38. The van der Waals surface area contributed by atoms with Crippen LogP contribution in [-0.4, -0.2) is 29.5 Å². The van der Waals surface area contributed by atoms with Crippen LogP contribution in [0.4, 0.5) is 0 Å². The normalized spacial score (nSPS) is 18.6. The molecule has 0 amide bonds. The van der Waals surface area contributed by atoms with E-state index in [1.165, 1.54) is 20.0 Å². The van der Waals surface area contributed by atoms with Crippen molar-refractivity contribution in [2.45, 2.75) is 31.8 Å². The van der Waals surface area contributed by atoms with E-state index in [9.17, 15) is 4.79 Å². The third-order valence-electron chi connectivity index (χ3n) is 4.38. The van der Waals surface area contributed by atoms with Gasteiger partial charge < -0.3 is 4.74 Å². The fraction of sp³-hybridized carbons (Fsp3) is 0.368. The van der Waals surface area contributed by atoms with Gasteiger partial charge in [0.2, 0.25) is 0 Å². The highest BCUT2D eigenvalue weighted by Crippen LogP contribution is 2.31. The summed E-state index contributed by atoms with van der Waals surface area (Å²) in [6.07, 6.45) is 5.44. The molecule has 0 saturated carbocycles. The summed E-state index contributed by atoms with van der Waals surface area (Å²) < 4.78 is 4.81. The predicted octanol–water partition coefficient (Wildman–Crippen LogP) is 3.60. The van der Waals surface area contributed by atoms with Crippen molar-refractivity contribution in [1.29, 1.82) is 0 Å². The number of rotatable bonds is 4. The van der Waals surface area contributed by atoms with Gasteiger partial charge in [-0.15, -0.1) is 0 Å². The van der Waals surface area contributed by atoms with E-state index in [1.54, 1.807) is 6.07 Å². The molecule has 2 aromatic rings. The summed E-state index contributed by atoms with van der Waals surface area (Å²) in [6, 6.07) is 14.2. The van der Waals surface area contributed by atoms with E-state index in [1.807, 2.05) is 30.5 Å². The lowest BCUT2D eigenvalue weighted by atomic mass is 9.97. The van der Waals surface area contributed by atoms with Gasteiger partial charge in [0.25, 0.3) is 0 Å². The first kappa shape index (κ1) is 15.7. The van der Waals surface area contributed by atoms with Gasteiger partial charge in [0.05, 0.1) is 24.4 Å². The van der Waals surface area contributed by atoms with E-state index < -0.39 is 0 Å². The Labute approximate surface area is 137 Å². The molecular weight excluding hydrogens is 288 g/mol. The average molecular weight is 310 g/mol. The number of piperidine rings is 1. The molecule has 1 aliphatic rings. The Bertz CT molecular complexity index is 657. The molecule has 120 valence electrons. The zero-order chi connectivity index (χ0) is 16.1. The Morgan fingerprint density at radius 1 is 1.26 bits per heavy atom. The Morgan fingerprint density at radius 2 is 2.17 bits per heavy atom. The molecule has 0 radical (unpaired) electrons. The molecule has 1 atom stereocenters. The van der Waals surface area contributed by atoms with Crippen LogP contribution in [0.2, 0.25) is 0 Å². The lowest BCUT2D eigenvalue weighted by Crippen LogP contribution is -2.33. The van der Waals surface area contributed by atoms with Crippen molar-refractivity contribution in [3.8, 4) is 0 Å². The van der Waals surface area contributed by atoms with Gasteiger partial charge in [-0.2, -0.15) is 0 Å². The minimum Gasteiger partial charge on any atom is -0.465 e.